The van der Waals surface area contributed by atoms with E-state index in [1.54, 1.807) is 0 Å². The van der Waals surface area contributed by atoms with Crippen molar-refractivity contribution >= 4 is 27.8 Å². The summed E-state index contributed by atoms with van der Waals surface area (Å²) < 4.78 is 0. The summed E-state index contributed by atoms with van der Waals surface area (Å²) in [5.74, 6) is 0. The molecule has 0 radical (unpaired) electrons. The minimum Gasteiger partial charge on any atom is -0.314 e. The molecule has 0 fully saturated rings. The zero-order valence-corrected chi connectivity index (χ0v) is 11.4. The Morgan fingerprint density at radius 3 is 2.67 bits per heavy atom. The minimum atomic E-state index is 1.15. The number of hydrogen-bond acceptors (Lipinski definition) is 0. The number of fused-ring (bicyclic) bond motifs is 7. The lowest BCUT2D eigenvalue weighted by atomic mass is 9.91. The van der Waals surface area contributed by atoms with Crippen molar-refractivity contribution in [3.63, 3.8) is 0 Å². The fourth-order valence-corrected chi connectivity index (χ4v) is 3.35. The molecule has 0 saturated heterocycles. The molecule has 96 valence electrons. The Balaban J connectivity index is 2.04. The van der Waals surface area contributed by atoms with Gasteiger partial charge >= 0.3 is 0 Å². The van der Waals surface area contributed by atoms with Gasteiger partial charge in [0.15, 0.2) is 5.56 Å². The monoisotopic (exact) mass is 266 g/mol. The second-order valence-corrected chi connectivity index (χ2v) is 5.46. The van der Waals surface area contributed by atoms with Gasteiger partial charge in [-0.25, -0.2) is 0 Å². The average molecular weight is 266 g/mol. The van der Waals surface area contributed by atoms with E-state index in [-0.39, 0.29) is 0 Å². The highest BCUT2D eigenvalue weighted by atomic mass is 14.7. The highest BCUT2D eigenvalue weighted by Crippen LogP contribution is 2.41. The predicted molar refractivity (Wildman–Crippen MR) is 88.0 cm³/mol. The van der Waals surface area contributed by atoms with Crippen molar-refractivity contribution in [3.8, 4) is 11.1 Å². The summed E-state index contributed by atoms with van der Waals surface area (Å²) in [4.78, 5) is 3.53. The third-order valence-electron chi connectivity index (χ3n) is 4.29. The van der Waals surface area contributed by atoms with Crippen molar-refractivity contribution in [2.24, 2.45) is 0 Å². The van der Waals surface area contributed by atoms with Gasteiger partial charge in [-0.3, -0.25) is 0 Å². The average Bonchev–Trinajstić information content (AvgIpc) is 2.94. The SMILES string of the molecule is [C+]1=Cc2[nH]c3ccc4ccccc4c3c2-c2ccccc21. The van der Waals surface area contributed by atoms with Gasteiger partial charge in [-0.2, -0.15) is 0 Å². The Morgan fingerprint density at radius 2 is 1.67 bits per heavy atom. The van der Waals surface area contributed by atoms with Crippen molar-refractivity contribution < 1.29 is 0 Å². The molecule has 1 N–H and O–H groups in total. The number of aromatic amines is 1. The van der Waals surface area contributed by atoms with Crippen LogP contribution in [-0.4, -0.2) is 4.98 Å². The van der Waals surface area contributed by atoms with Gasteiger partial charge in [0.25, 0.3) is 0 Å². The van der Waals surface area contributed by atoms with Gasteiger partial charge in [-0.05, 0) is 35.0 Å². The summed E-state index contributed by atoms with van der Waals surface area (Å²) in [7, 11) is 0. The fraction of sp³-hybridized carbons (Fsp3) is 0. The predicted octanol–water partition coefficient (Wildman–Crippen LogP) is 5.17. The highest BCUT2D eigenvalue weighted by molar-refractivity contribution is 6.16. The smallest absolute Gasteiger partial charge is 0.155 e. The van der Waals surface area contributed by atoms with Crippen molar-refractivity contribution in [3.05, 3.63) is 78.0 Å². The summed E-state index contributed by atoms with van der Waals surface area (Å²) in [5.41, 5.74) is 6.07. The summed E-state index contributed by atoms with van der Waals surface area (Å²) in [5, 5.41) is 3.90. The molecule has 0 unspecified atom stereocenters. The standard InChI is InChI=1S/C20H12N/c1-3-7-15-13(5-1)9-11-17-19(15)20-16-8-4-2-6-14(16)10-12-18(20)21-17/h1-9,11-12,21H/q+1. The lowest BCUT2D eigenvalue weighted by Gasteiger charge is -2.04. The zero-order chi connectivity index (χ0) is 13.8. The fourth-order valence-electron chi connectivity index (χ4n) is 3.35. The highest BCUT2D eigenvalue weighted by Gasteiger charge is 2.25. The molecule has 0 saturated carbocycles. The van der Waals surface area contributed by atoms with E-state index >= 15 is 0 Å². The Labute approximate surface area is 122 Å². The maximum atomic E-state index is 3.53. The van der Waals surface area contributed by atoms with Crippen LogP contribution >= 0.6 is 0 Å². The van der Waals surface area contributed by atoms with E-state index in [0.717, 1.165) is 5.69 Å². The molecule has 0 spiro atoms. The second-order valence-electron chi connectivity index (χ2n) is 5.46. The first kappa shape index (κ1) is 10.8. The van der Waals surface area contributed by atoms with Gasteiger partial charge in [-0.1, -0.05) is 30.3 Å². The van der Waals surface area contributed by atoms with Gasteiger partial charge < -0.3 is 4.98 Å². The molecule has 4 aromatic rings. The molecule has 0 atom stereocenters. The van der Waals surface area contributed by atoms with Crippen LogP contribution in [0.25, 0.3) is 38.9 Å². The third-order valence-corrected chi connectivity index (χ3v) is 4.29. The first-order chi connectivity index (χ1) is 10.4. The topological polar surface area (TPSA) is 15.8 Å². The molecule has 1 heterocycles. The maximum Gasteiger partial charge on any atom is 0.155 e. The van der Waals surface area contributed by atoms with E-state index in [2.05, 4.69) is 77.8 Å². The Morgan fingerprint density at radius 1 is 0.810 bits per heavy atom. The van der Waals surface area contributed by atoms with Crippen LogP contribution in [0.5, 0.6) is 0 Å². The van der Waals surface area contributed by atoms with Crippen molar-refractivity contribution in [1.82, 2.24) is 4.98 Å². The quantitative estimate of drug-likeness (QED) is 0.372. The summed E-state index contributed by atoms with van der Waals surface area (Å²) >= 11 is 0. The van der Waals surface area contributed by atoms with Gasteiger partial charge in [-0.15, -0.1) is 0 Å². The van der Waals surface area contributed by atoms with E-state index in [4.69, 9.17) is 0 Å². The van der Waals surface area contributed by atoms with Gasteiger partial charge in [0.05, 0.1) is 17.2 Å². The van der Waals surface area contributed by atoms with E-state index in [9.17, 15) is 0 Å². The largest absolute Gasteiger partial charge is 0.314 e. The molecular formula is C20H12N+. The van der Waals surface area contributed by atoms with E-state index in [1.807, 2.05) is 0 Å². The van der Waals surface area contributed by atoms with Gasteiger partial charge in [0.2, 0.25) is 0 Å². The molecule has 1 heteroatoms. The third kappa shape index (κ3) is 1.38. The van der Waals surface area contributed by atoms with E-state index < -0.39 is 0 Å². The van der Waals surface area contributed by atoms with Crippen LogP contribution in [0.4, 0.5) is 0 Å². The first-order valence-electron chi connectivity index (χ1n) is 7.14. The zero-order valence-electron chi connectivity index (χ0n) is 11.4. The molecule has 0 aliphatic heterocycles. The second kappa shape index (κ2) is 3.82. The maximum absolute atomic E-state index is 3.53. The molecule has 1 aliphatic carbocycles. The summed E-state index contributed by atoms with van der Waals surface area (Å²) in [6.07, 6.45) is 5.43. The molecule has 5 rings (SSSR count). The molecule has 3 aromatic carbocycles. The van der Waals surface area contributed by atoms with Crippen LogP contribution in [0.15, 0.2) is 60.7 Å². The number of H-pyrrole nitrogens is 1. The van der Waals surface area contributed by atoms with E-state index in [1.165, 1.54) is 38.4 Å². The van der Waals surface area contributed by atoms with Crippen LogP contribution in [0.2, 0.25) is 0 Å². The van der Waals surface area contributed by atoms with Gasteiger partial charge in [0, 0.05) is 17.5 Å². The Hall–Kier alpha value is -2.89. The Kier molecular flexibility index (Phi) is 1.97. The van der Waals surface area contributed by atoms with Crippen LogP contribution in [-0.2, 0) is 0 Å². The number of rotatable bonds is 0. The molecule has 0 bridgehead atoms. The summed E-state index contributed by atoms with van der Waals surface area (Å²) in [6, 6.07) is 21.4. The Bertz CT molecular complexity index is 1030. The van der Waals surface area contributed by atoms with Crippen LogP contribution in [0.3, 0.4) is 0 Å². The molecular weight excluding hydrogens is 254 g/mol. The molecule has 1 nitrogen and oxygen atoms in total. The lowest BCUT2D eigenvalue weighted by Crippen LogP contribution is -1.90. The summed E-state index contributed by atoms with van der Waals surface area (Å²) in [6.45, 7) is 0. The number of hydrogen-bond donors (Lipinski definition) is 1. The normalized spacial score (nSPS) is 12.2. The molecule has 1 aromatic heterocycles. The first-order valence-corrected chi connectivity index (χ1v) is 7.14. The molecule has 1 aliphatic rings. The van der Waals surface area contributed by atoms with Crippen LogP contribution in [0, 0.1) is 6.08 Å². The van der Waals surface area contributed by atoms with Crippen LogP contribution in [0.1, 0.15) is 11.3 Å². The number of aromatic nitrogens is 1. The molecule has 21 heavy (non-hydrogen) atoms. The number of benzene rings is 3. The van der Waals surface area contributed by atoms with Crippen LogP contribution < -0.4 is 0 Å². The van der Waals surface area contributed by atoms with E-state index in [0.29, 0.717) is 0 Å². The van der Waals surface area contributed by atoms with Crippen molar-refractivity contribution in [1.29, 1.82) is 0 Å². The lowest BCUT2D eigenvalue weighted by molar-refractivity contribution is 1.40. The minimum absolute atomic E-state index is 1.15. The molecule has 0 amide bonds. The van der Waals surface area contributed by atoms with Gasteiger partial charge in [0.1, 0.15) is 11.3 Å². The van der Waals surface area contributed by atoms with Crippen molar-refractivity contribution in [2.45, 2.75) is 0 Å². The number of nitrogens with one attached hydrogen (secondary N) is 1. The van der Waals surface area contributed by atoms with Crippen molar-refractivity contribution in [2.75, 3.05) is 0 Å².